The minimum atomic E-state index is -1.01. The van der Waals surface area contributed by atoms with Gasteiger partial charge in [-0.1, -0.05) is 6.07 Å². The number of hydrogen-bond acceptors (Lipinski definition) is 5. The molecule has 0 aliphatic rings. The standard InChI is InChI=1S/C13H17N3O5/c14-10(4-5-12(18)19)13(20)16-8-2-1-3-9(6-8)21-7-11(15)17/h1-3,6,10H,4-5,7,14H2,(H2,15,17)(H,16,20)(H,18,19). The molecule has 1 rings (SSSR count). The highest BCUT2D eigenvalue weighted by atomic mass is 16.5. The van der Waals surface area contributed by atoms with Crippen LogP contribution in [0.25, 0.3) is 0 Å². The summed E-state index contributed by atoms with van der Waals surface area (Å²) in [6, 6.07) is 5.41. The quantitative estimate of drug-likeness (QED) is 0.517. The van der Waals surface area contributed by atoms with Crippen LogP contribution in [0.5, 0.6) is 5.75 Å². The van der Waals surface area contributed by atoms with Crippen molar-refractivity contribution in [1.82, 2.24) is 0 Å². The fraction of sp³-hybridized carbons (Fsp3) is 0.308. The van der Waals surface area contributed by atoms with Crippen molar-refractivity contribution >= 4 is 23.5 Å². The second-order valence-corrected chi connectivity index (χ2v) is 4.31. The molecule has 1 aromatic carbocycles. The molecule has 0 aliphatic carbocycles. The van der Waals surface area contributed by atoms with Crippen LogP contribution < -0.4 is 21.5 Å². The van der Waals surface area contributed by atoms with Crippen LogP contribution in [0.4, 0.5) is 5.69 Å². The molecular formula is C13H17N3O5. The van der Waals surface area contributed by atoms with Crippen LogP contribution in [0.15, 0.2) is 24.3 Å². The molecule has 0 aliphatic heterocycles. The molecule has 0 bridgehead atoms. The second kappa shape index (κ2) is 7.85. The van der Waals surface area contributed by atoms with Gasteiger partial charge >= 0.3 is 5.97 Å². The third-order valence-corrected chi connectivity index (χ3v) is 2.49. The molecule has 8 heteroatoms. The van der Waals surface area contributed by atoms with Gasteiger partial charge in [-0.3, -0.25) is 14.4 Å². The van der Waals surface area contributed by atoms with E-state index in [1.54, 1.807) is 18.2 Å². The Hall–Kier alpha value is -2.61. The molecule has 6 N–H and O–H groups in total. The maximum Gasteiger partial charge on any atom is 0.303 e. The van der Waals surface area contributed by atoms with Crippen LogP contribution in [0.2, 0.25) is 0 Å². The summed E-state index contributed by atoms with van der Waals surface area (Å²) in [5.74, 6) is -1.76. The van der Waals surface area contributed by atoms with E-state index in [-0.39, 0.29) is 19.4 Å². The zero-order chi connectivity index (χ0) is 15.8. The highest BCUT2D eigenvalue weighted by Gasteiger charge is 2.15. The minimum Gasteiger partial charge on any atom is -0.484 e. The van der Waals surface area contributed by atoms with Gasteiger partial charge in [-0.05, 0) is 18.6 Å². The molecular weight excluding hydrogens is 278 g/mol. The Labute approximate surface area is 121 Å². The minimum absolute atomic E-state index is 0.0407. The van der Waals surface area contributed by atoms with Gasteiger partial charge in [-0.25, -0.2) is 0 Å². The van der Waals surface area contributed by atoms with Crippen molar-refractivity contribution in [3.8, 4) is 5.75 Å². The van der Waals surface area contributed by atoms with E-state index in [4.69, 9.17) is 21.3 Å². The largest absolute Gasteiger partial charge is 0.484 e. The van der Waals surface area contributed by atoms with Crippen LogP contribution in [0.3, 0.4) is 0 Å². The predicted octanol–water partition coefficient (Wildman–Crippen LogP) is -0.319. The monoisotopic (exact) mass is 295 g/mol. The number of carbonyl (C=O) groups is 3. The van der Waals surface area contributed by atoms with Crippen molar-refractivity contribution in [1.29, 1.82) is 0 Å². The number of benzene rings is 1. The zero-order valence-corrected chi connectivity index (χ0v) is 11.2. The summed E-state index contributed by atoms with van der Waals surface area (Å²) in [5, 5.41) is 11.1. The van der Waals surface area contributed by atoms with Crippen LogP contribution >= 0.6 is 0 Å². The van der Waals surface area contributed by atoms with Crippen molar-refractivity contribution in [3.63, 3.8) is 0 Å². The van der Waals surface area contributed by atoms with Crippen molar-refractivity contribution in [2.24, 2.45) is 11.5 Å². The topological polar surface area (TPSA) is 145 Å². The third kappa shape index (κ3) is 6.39. The molecule has 1 atom stereocenters. The third-order valence-electron chi connectivity index (χ3n) is 2.49. The average Bonchev–Trinajstić information content (AvgIpc) is 2.42. The molecule has 0 heterocycles. The molecule has 2 amide bonds. The number of rotatable bonds is 8. The molecule has 0 fully saturated rings. The first-order valence-electron chi connectivity index (χ1n) is 6.18. The van der Waals surface area contributed by atoms with Gasteiger partial charge in [-0.2, -0.15) is 0 Å². The first kappa shape index (κ1) is 16.4. The fourth-order valence-corrected chi connectivity index (χ4v) is 1.46. The summed E-state index contributed by atoms with van der Waals surface area (Å²) in [4.78, 5) is 32.8. The van der Waals surface area contributed by atoms with Crippen molar-refractivity contribution < 1.29 is 24.2 Å². The Morgan fingerprint density at radius 2 is 2.05 bits per heavy atom. The average molecular weight is 295 g/mol. The molecule has 21 heavy (non-hydrogen) atoms. The number of primary amides is 1. The summed E-state index contributed by atoms with van der Waals surface area (Å²) in [6.45, 7) is -0.268. The highest BCUT2D eigenvalue weighted by molar-refractivity contribution is 5.95. The number of anilines is 1. The molecule has 114 valence electrons. The molecule has 0 aromatic heterocycles. The summed E-state index contributed by atoms with van der Waals surface area (Å²) in [5.41, 5.74) is 11.0. The lowest BCUT2D eigenvalue weighted by atomic mass is 10.1. The molecule has 0 saturated heterocycles. The Morgan fingerprint density at radius 3 is 2.67 bits per heavy atom. The Kier molecular flexibility index (Phi) is 6.15. The predicted molar refractivity (Wildman–Crippen MR) is 74.6 cm³/mol. The van der Waals surface area contributed by atoms with Gasteiger partial charge in [0.2, 0.25) is 5.91 Å². The van der Waals surface area contributed by atoms with Crippen molar-refractivity contribution in [2.45, 2.75) is 18.9 Å². The second-order valence-electron chi connectivity index (χ2n) is 4.31. The number of amides is 2. The lowest BCUT2D eigenvalue weighted by Gasteiger charge is -2.12. The van der Waals surface area contributed by atoms with E-state index in [9.17, 15) is 14.4 Å². The SMILES string of the molecule is NC(=O)COc1cccc(NC(=O)C(N)CCC(=O)O)c1. The Bertz CT molecular complexity index is 532. The maximum atomic E-state index is 11.8. The summed E-state index contributed by atoms with van der Waals surface area (Å²) in [7, 11) is 0. The van der Waals surface area contributed by atoms with E-state index in [0.717, 1.165) is 0 Å². The van der Waals surface area contributed by atoms with E-state index < -0.39 is 23.8 Å². The first-order valence-corrected chi connectivity index (χ1v) is 6.18. The number of carbonyl (C=O) groups excluding carboxylic acids is 2. The zero-order valence-electron chi connectivity index (χ0n) is 11.2. The number of nitrogens with two attached hydrogens (primary N) is 2. The molecule has 1 aromatic rings. The number of carboxylic acid groups (broad SMARTS) is 1. The number of nitrogens with one attached hydrogen (secondary N) is 1. The van der Waals surface area contributed by atoms with Gasteiger partial charge in [-0.15, -0.1) is 0 Å². The Balaban J connectivity index is 2.57. The van der Waals surface area contributed by atoms with E-state index >= 15 is 0 Å². The van der Waals surface area contributed by atoms with Crippen molar-refractivity contribution in [3.05, 3.63) is 24.3 Å². The van der Waals surface area contributed by atoms with Gasteiger partial charge in [0.1, 0.15) is 5.75 Å². The maximum absolute atomic E-state index is 11.8. The molecule has 0 spiro atoms. The van der Waals surface area contributed by atoms with Crippen LogP contribution in [-0.4, -0.2) is 35.5 Å². The summed E-state index contributed by atoms with van der Waals surface area (Å²) >= 11 is 0. The van der Waals surface area contributed by atoms with E-state index in [2.05, 4.69) is 5.32 Å². The highest BCUT2D eigenvalue weighted by Crippen LogP contribution is 2.17. The first-order chi connectivity index (χ1) is 9.88. The summed E-state index contributed by atoms with van der Waals surface area (Å²) in [6.07, 6.45) is -0.143. The van der Waals surface area contributed by atoms with Gasteiger partial charge in [0.05, 0.1) is 6.04 Å². The fourth-order valence-electron chi connectivity index (χ4n) is 1.46. The lowest BCUT2D eigenvalue weighted by Crippen LogP contribution is -2.36. The van der Waals surface area contributed by atoms with Crippen molar-refractivity contribution in [2.75, 3.05) is 11.9 Å². The van der Waals surface area contributed by atoms with E-state index in [1.807, 2.05) is 0 Å². The number of carboxylic acids is 1. The number of ether oxygens (including phenoxy) is 1. The van der Waals surface area contributed by atoms with Gasteiger partial charge in [0.25, 0.3) is 5.91 Å². The van der Waals surface area contributed by atoms with Gasteiger partial charge in [0.15, 0.2) is 6.61 Å². The van der Waals surface area contributed by atoms with Crippen LogP contribution in [0.1, 0.15) is 12.8 Å². The number of hydrogen-bond donors (Lipinski definition) is 4. The molecule has 8 nitrogen and oxygen atoms in total. The van der Waals surface area contributed by atoms with Gasteiger partial charge in [0, 0.05) is 18.2 Å². The molecule has 0 radical (unpaired) electrons. The Morgan fingerprint density at radius 1 is 1.33 bits per heavy atom. The van der Waals surface area contributed by atoms with Crippen LogP contribution in [0, 0.1) is 0 Å². The number of aliphatic carboxylic acids is 1. The van der Waals surface area contributed by atoms with E-state index in [0.29, 0.717) is 11.4 Å². The van der Waals surface area contributed by atoms with Crippen LogP contribution in [-0.2, 0) is 14.4 Å². The van der Waals surface area contributed by atoms with E-state index in [1.165, 1.54) is 6.07 Å². The normalized spacial score (nSPS) is 11.5. The van der Waals surface area contributed by atoms with Gasteiger partial charge < -0.3 is 26.6 Å². The molecule has 0 saturated carbocycles. The summed E-state index contributed by atoms with van der Waals surface area (Å²) < 4.78 is 5.09. The smallest absolute Gasteiger partial charge is 0.303 e. The molecule has 1 unspecified atom stereocenters. The lowest BCUT2D eigenvalue weighted by molar-refractivity contribution is -0.137.